The van der Waals surface area contributed by atoms with Crippen molar-refractivity contribution >= 4 is 28.9 Å². The third-order valence-corrected chi connectivity index (χ3v) is 4.08. The zero-order chi connectivity index (χ0) is 15.9. The molecule has 112 valence electrons. The van der Waals surface area contributed by atoms with E-state index in [0.29, 0.717) is 5.02 Å². The molecular formula is C18H17ClN2O. The van der Waals surface area contributed by atoms with Crippen LogP contribution in [-0.4, -0.2) is 24.2 Å². The molecule has 0 saturated carbocycles. The Kier molecular flexibility index (Phi) is 3.53. The van der Waals surface area contributed by atoms with Crippen molar-refractivity contribution in [3.05, 3.63) is 64.7 Å². The summed E-state index contributed by atoms with van der Waals surface area (Å²) in [6.45, 7) is 3.67. The highest BCUT2D eigenvalue weighted by atomic mass is 35.5. The molecule has 0 atom stereocenters. The van der Waals surface area contributed by atoms with Gasteiger partial charge in [0.2, 0.25) is 0 Å². The van der Waals surface area contributed by atoms with Crippen LogP contribution in [0.3, 0.4) is 0 Å². The second-order valence-corrected chi connectivity index (χ2v) is 6.35. The highest BCUT2D eigenvalue weighted by Gasteiger charge is 2.35. The van der Waals surface area contributed by atoms with Crippen LogP contribution in [0.5, 0.6) is 0 Å². The highest BCUT2D eigenvalue weighted by molar-refractivity contribution is 6.32. The number of benzodiazepines with no additional fused rings is 1. The minimum absolute atomic E-state index is 0.0398. The summed E-state index contributed by atoms with van der Waals surface area (Å²) in [5.74, 6) is -0.0398. The van der Waals surface area contributed by atoms with Crippen LogP contribution in [0.1, 0.15) is 25.0 Å². The lowest BCUT2D eigenvalue weighted by Crippen LogP contribution is -2.41. The molecule has 3 rings (SSSR count). The first-order valence-corrected chi connectivity index (χ1v) is 7.51. The number of fused-ring (bicyclic) bond motifs is 1. The second-order valence-electron chi connectivity index (χ2n) is 5.91. The Morgan fingerprint density at radius 2 is 1.77 bits per heavy atom. The zero-order valence-electron chi connectivity index (χ0n) is 12.8. The van der Waals surface area contributed by atoms with Gasteiger partial charge in [0, 0.05) is 23.2 Å². The Morgan fingerprint density at radius 3 is 2.45 bits per heavy atom. The molecule has 0 spiro atoms. The molecule has 0 saturated heterocycles. The molecule has 0 fully saturated rings. The molecule has 3 nitrogen and oxygen atoms in total. The van der Waals surface area contributed by atoms with Gasteiger partial charge in [0.15, 0.2) is 0 Å². The summed E-state index contributed by atoms with van der Waals surface area (Å²) >= 11 is 6.18. The fraction of sp³-hybridized carbons (Fsp3) is 0.222. The topological polar surface area (TPSA) is 32.7 Å². The van der Waals surface area contributed by atoms with Gasteiger partial charge in [0.1, 0.15) is 5.54 Å². The maximum absolute atomic E-state index is 12.7. The molecule has 0 aliphatic carbocycles. The van der Waals surface area contributed by atoms with Crippen LogP contribution in [0, 0.1) is 0 Å². The first-order valence-electron chi connectivity index (χ1n) is 7.13. The number of carbonyl (C=O) groups excluding carboxylic acids is 1. The molecule has 1 aliphatic rings. The van der Waals surface area contributed by atoms with Gasteiger partial charge in [-0.3, -0.25) is 9.79 Å². The molecule has 1 amide bonds. The molecule has 2 aromatic carbocycles. The number of anilines is 1. The maximum atomic E-state index is 12.7. The molecular weight excluding hydrogens is 296 g/mol. The predicted molar refractivity (Wildman–Crippen MR) is 91.0 cm³/mol. The van der Waals surface area contributed by atoms with Crippen molar-refractivity contribution < 1.29 is 4.79 Å². The summed E-state index contributed by atoms with van der Waals surface area (Å²) in [5, 5.41) is 0.628. The molecule has 0 unspecified atom stereocenters. The number of likely N-dealkylation sites (N-methyl/N-ethyl adjacent to an activating group) is 1. The Hall–Kier alpha value is -2.13. The SMILES string of the molecule is CN1C(=O)C(C)(C)N=C(c2ccccc2)c2cc(Cl)ccc21. The minimum atomic E-state index is -0.828. The highest BCUT2D eigenvalue weighted by Crippen LogP contribution is 2.32. The van der Waals surface area contributed by atoms with E-state index in [1.54, 1.807) is 18.0 Å². The molecule has 0 N–H and O–H groups in total. The smallest absolute Gasteiger partial charge is 0.254 e. The van der Waals surface area contributed by atoms with Gasteiger partial charge in [-0.15, -0.1) is 0 Å². The van der Waals surface area contributed by atoms with Crippen molar-refractivity contribution in [1.29, 1.82) is 0 Å². The van der Waals surface area contributed by atoms with Gasteiger partial charge >= 0.3 is 0 Å². The number of rotatable bonds is 1. The molecule has 0 aromatic heterocycles. The third-order valence-electron chi connectivity index (χ3n) is 3.84. The van der Waals surface area contributed by atoms with Crippen LogP contribution in [0.4, 0.5) is 5.69 Å². The summed E-state index contributed by atoms with van der Waals surface area (Å²) in [7, 11) is 1.78. The van der Waals surface area contributed by atoms with E-state index in [2.05, 4.69) is 0 Å². The first-order chi connectivity index (χ1) is 10.4. The van der Waals surface area contributed by atoms with Crippen LogP contribution in [0.15, 0.2) is 53.5 Å². The first kappa shape index (κ1) is 14.8. The lowest BCUT2D eigenvalue weighted by molar-refractivity contribution is -0.122. The largest absolute Gasteiger partial charge is 0.313 e. The van der Waals surface area contributed by atoms with E-state index in [4.69, 9.17) is 16.6 Å². The fourth-order valence-corrected chi connectivity index (χ4v) is 2.89. The molecule has 0 bridgehead atoms. The number of nitrogens with zero attached hydrogens (tertiary/aromatic N) is 2. The average molecular weight is 313 g/mol. The third kappa shape index (κ3) is 2.42. The van der Waals surface area contributed by atoms with Crippen LogP contribution in [0.25, 0.3) is 0 Å². The van der Waals surface area contributed by atoms with Crippen LogP contribution in [0.2, 0.25) is 5.02 Å². The van der Waals surface area contributed by atoms with E-state index >= 15 is 0 Å². The number of hydrogen-bond acceptors (Lipinski definition) is 2. The quantitative estimate of drug-likeness (QED) is 0.785. The number of benzene rings is 2. The monoisotopic (exact) mass is 312 g/mol. The van der Waals surface area contributed by atoms with Gasteiger partial charge in [-0.1, -0.05) is 41.9 Å². The van der Waals surface area contributed by atoms with Gasteiger partial charge < -0.3 is 4.90 Å². The zero-order valence-corrected chi connectivity index (χ0v) is 13.6. The number of amides is 1. The van der Waals surface area contributed by atoms with Gasteiger partial charge in [-0.2, -0.15) is 0 Å². The van der Waals surface area contributed by atoms with Crippen LogP contribution < -0.4 is 4.90 Å². The van der Waals surface area contributed by atoms with Crippen LogP contribution in [-0.2, 0) is 4.79 Å². The Morgan fingerprint density at radius 1 is 1.09 bits per heavy atom. The predicted octanol–water partition coefficient (Wildman–Crippen LogP) is 3.93. The van der Waals surface area contributed by atoms with Gasteiger partial charge in [0.25, 0.3) is 5.91 Å². The standard InChI is InChI=1S/C18H17ClN2O/c1-18(2)17(22)21(3)15-10-9-13(19)11-14(15)16(20-18)12-7-5-4-6-8-12/h4-11H,1-3H3. The molecule has 0 radical (unpaired) electrons. The van der Waals surface area contributed by atoms with Crippen molar-refractivity contribution in [1.82, 2.24) is 0 Å². The van der Waals surface area contributed by atoms with E-state index in [1.165, 1.54) is 0 Å². The summed E-state index contributed by atoms with van der Waals surface area (Å²) in [6, 6.07) is 15.4. The number of halogens is 1. The summed E-state index contributed by atoms with van der Waals surface area (Å²) < 4.78 is 0. The van der Waals surface area contributed by atoms with Crippen molar-refractivity contribution in [2.24, 2.45) is 4.99 Å². The van der Waals surface area contributed by atoms with E-state index in [-0.39, 0.29) is 5.91 Å². The number of aliphatic imine (C=N–C) groups is 1. The van der Waals surface area contributed by atoms with E-state index < -0.39 is 5.54 Å². The van der Waals surface area contributed by atoms with Crippen molar-refractivity contribution in [2.45, 2.75) is 19.4 Å². The summed E-state index contributed by atoms with van der Waals surface area (Å²) in [6.07, 6.45) is 0. The lowest BCUT2D eigenvalue weighted by atomic mass is 10.00. The molecule has 2 aromatic rings. The van der Waals surface area contributed by atoms with E-state index in [0.717, 1.165) is 22.5 Å². The molecule has 22 heavy (non-hydrogen) atoms. The number of hydrogen-bond donors (Lipinski definition) is 0. The van der Waals surface area contributed by atoms with Gasteiger partial charge in [-0.25, -0.2) is 0 Å². The van der Waals surface area contributed by atoms with E-state index in [1.807, 2.05) is 56.3 Å². The normalized spacial score (nSPS) is 16.8. The summed E-state index contributed by atoms with van der Waals surface area (Å²) in [5.41, 5.74) is 2.64. The minimum Gasteiger partial charge on any atom is -0.313 e. The van der Waals surface area contributed by atoms with Crippen molar-refractivity contribution in [3.63, 3.8) is 0 Å². The number of carbonyl (C=O) groups is 1. The molecule has 4 heteroatoms. The van der Waals surface area contributed by atoms with Crippen molar-refractivity contribution in [3.8, 4) is 0 Å². The summed E-state index contributed by atoms with van der Waals surface area (Å²) in [4.78, 5) is 19.1. The molecule has 1 aliphatic heterocycles. The van der Waals surface area contributed by atoms with Gasteiger partial charge in [0.05, 0.1) is 11.4 Å². The van der Waals surface area contributed by atoms with E-state index in [9.17, 15) is 4.79 Å². The van der Waals surface area contributed by atoms with Gasteiger partial charge in [-0.05, 0) is 32.0 Å². The Bertz CT molecular complexity index is 766. The average Bonchev–Trinajstić information content (AvgIpc) is 2.58. The van der Waals surface area contributed by atoms with Crippen molar-refractivity contribution in [2.75, 3.05) is 11.9 Å². The Labute approximate surface area is 135 Å². The fourth-order valence-electron chi connectivity index (χ4n) is 2.71. The lowest BCUT2D eigenvalue weighted by Gasteiger charge is -2.24. The van der Waals surface area contributed by atoms with Crippen LogP contribution >= 0.6 is 11.6 Å². The maximum Gasteiger partial charge on any atom is 0.254 e. The molecule has 1 heterocycles. The Balaban J connectivity index is 2.32. The second kappa shape index (κ2) is 5.25.